The molecule has 1 fully saturated rings. The fraction of sp³-hybridized carbons (Fsp3) is 0.250. The van der Waals surface area contributed by atoms with E-state index in [4.69, 9.17) is 4.98 Å². The van der Waals surface area contributed by atoms with Crippen LogP contribution in [0, 0.1) is 0 Å². The first-order valence-electron chi connectivity index (χ1n) is 9.01. The summed E-state index contributed by atoms with van der Waals surface area (Å²) in [5.74, 6) is 1.05. The van der Waals surface area contributed by atoms with E-state index >= 15 is 0 Å². The van der Waals surface area contributed by atoms with Crippen molar-refractivity contribution in [2.24, 2.45) is 0 Å². The van der Waals surface area contributed by atoms with E-state index in [-0.39, 0.29) is 0 Å². The maximum atomic E-state index is 4.81. The monoisotopic (exact) mass is 393 g/mol. The minimum Gasteiger partial charge on any atom is -0.353 e. The second-order valence-electron chi connectivity index (χ2n) is 6.63. The lowest BCUT2D eigenvalue weighted by Crippen LogP contribution is -2.46. The van der Waals surface area contributed by atoms with Crippen molar-refractivity contribution >= 4 is 39.4 Å². The van der Waals surface area contributed by atoms with Gasteiger partial charge in [-0.15, -0.1) is 11.3 Å². The Morgan fingerprint density at radius 2 is 1.85 bits per heavy atom. The van der Waals surface area contributed by atoms with Crippen LogP contribution in [0.5, 0.6) is 0 Å². The number of benzene rings is 1. The number of para-hydroxylation sites is 1. The molecule has 27 heavy (non-hydrogen) atoms. The second kappa shape index (κ2) is 7.34. The van der Waals surface area contributed by atoms with Crippen molar-refractivity contribution in [2.75, 3.05) is 31.1 Å². The molecule has 0 amide bonds. The van der Waals surface area contributed by atoms with Crippen LogP contribution in [0.3, 0.4) is 0 Å². The molecule has 0 bridgehead atoms. The number of thiazole rings is 1. The normalized spacial score (nSPS) is 15.5. The molecule has 4 heterocycles. The molecule has 0 unspecified atom stereocenters. The van der Waals surface area contributed by atoms with Gasteiger partial charge in [-0.25, -0.2) is 15.0 Å². The summed E-state index contributed by atoms with van der Waals surface area (Å²) in [4.78, 5) is 18.6. The van der Waals surface area contributed by atoms with Gasteiger partial charge in [0, 0.05) is 54.4 Å². The first-order valence-corrected chi connectivity index (χ1v) is 10.8. The number of hydrogen-bond acceptors (Lipinski definition) is 7. The molecule has 1 aliphatic heterocycles. The van der Waals surface area contributed by atoms with Gasteiger partial charge < -0.3 is 4.90 Å². The van der Waals surface area contributed by atoms with Gasteiger partial charge in [0.1, 0.15) is 17.2 Å². The molecule has 1 saturated heterocycles. The third kappa shape index (κ3) is 3.45. The number of fused-ring (bicyclic) bond motifs is 1. The summed E-state index contributed by atoms with van der Waals surface area (Å²) in [5.41, 5.74) is 3.41. The van der Waals surface area contributed by atoms with Crippen LogP contribution in [0.1, 0.15) is 5.69 Å². The maximum absolute atomic E-state index is 4.81. The van der Waals surface area contributed by atoms with E-state index < -0.39 is 0 Å². The first kappa shape index (κ1) is 16.8. The molecule has 3 aromatic heterocycles. The quantitative estimate of drug-likeness (QED) is 0.521. The van der Waals surface area contributed by atoms with Crippen molar-refractivity contribution in [3.05, 3.63) is 58.5 Å². The van der Waals surface area contributed by atoms with Crippen LogP contribution in [0.4, 0.5) is 5.82 Å². The third-order valence-electron chi connectivity index (χ3n) is 4.90. The van der Waals surface area contributed by atoms with Gasteiger partial charge in [0.15, 0.2) is 0 Å². The summed E-state index contributed by atoms with van der Waals surface area (Å²) in [7, 11) is 0. The Morgan fingerprint density at radius 1 is 0.963 bits per heavy atom. The zero-order valence-electron chi connectivity index (χ0n) is 14.8. The highest BCUT2D eigenvalue weighted by atomic mass is 32.1. The molecule has 1 aromatic carbocycles. The Kier molecular flexibility index (Phi) is 4.57. The van der Waals surface area contributed by atoms with E-state index in [1.54, 1.807) is 29.0 Å². The van der Waals surface area contributed by atoms with Crippen molar-refractivity contribution in [3.63, 3.8) is 0 Å². The summed E-state index contributed by atoms with van der Waals surface area (Å²) in [5, 5.41) is 8.71. The van der Waals surface area contributed by atoms with Gasteiger partial charge in [0.05, 0.1) is 11.2 Å². The molecule has 136 valence electrons. The van der Waals surface area contributed by atoms with E-state index in [2.05, 4.69) is 54.1 Å². The summed E-state index contributed by atoms with van der Waals surface area (Å²) < 4.78 is 0. The Hall–Kier alpha value is -2.35. The molecule has 0 atom stereocenters. The molecule has 1 aliphatic rings. The Morgan fingerprint density at radius 3 is 2.70 bits per heavy atom. The molecule has 0 spiro atoms. The van der Waals surface area contributed by atoms with E-state index in [9.17, 15) is 0 Å². The smallest absolute Gasteiger partial charge is 0.139 e. The Labute approximate surface area is 166 Å². The minimum absolute atomic E-state index is 0.916. The number of anilines is 1. The number of nitrogens with zero attached hydrogens (tertiary/aromatic N) is 5. The van der Waals surface area contributed by atoms with Crippen molar-refractivity contribution in [1.29, 1.82) is 0 Å². The highest BCUT2D eigenvalue weighted by molar-refractivity contribution is 7.14. The molecule has 0 N–H and O–H groups in total. The number of rotatable bonds is 4. The first-order chi connectivity index (χ1) is 13.4. The lowest BCUT2D eigenvalue weighted by atomic mass is 10.2. The Balaban J connectivity index is 1.25. The predicted octanol–water partition coefficient (Wildman–Crippen LogP) is 4.14. The average molecular weight is 394 g/mol. The van der Waals surface area contributed by atoms with E-state index in [1.165, 1.54) is 11.3 Å². The molecule has 5 nitrogen and oxygen atoms in total. The van der Waals surface area contributed by atoms with Gasteiger partial charge >= 0.3 is 0 Å². The van der Waals surface area contributed by atoms with Gasteiger partial charge in [0.25, 0.3) is 0 Å². The zero-order chi connectivity index (χ0) is 18.1. The van der Waals surface area contributed by atoms with Gasteiger partial charge in [0.2, 0.25) is 0 Å². The van der Waals surface area contributed by atoms with Crippen molar-refractivity contribution in [1.82, 2.24) is 19.9 Å². The van der Waals surface area contributed by atoms with Crippen LogP contribution in [0.15, 0.2) is 52.8 Å². The van der Waals surface area contributed by atoms with Crippen LogP contribution in [-0.2, 0) is 6.54 Å². The van der Waals surface area contributed by atoms with E-state index in [0.717, 1.165) is 54.5 Å². The number of aromatic nitrogens is 3. The fourth-order valence-corrected chi connectivity index (χ4v) is 5.01. The SMILES string of the molecule is c1ccc2c(N3CCN(Cc4csc(-c5ccsc5)n4)CC3)ncnc2c1. The number of piperazine rings is 1. The van der Waals surface area contributed by atoms with E-state index in [1.807, 2.05) is 12.1 Å². The van der Waals surface area contributed by atoms with Crippen LogP contribution >= 0.6 is 22.7 Å². The Bertz CT molecular complexity index is 1030. The maximum Gasteiger partial charge on any atom is 0.139 e. The van der Waals surface area contributed by atoms with Gasteiger partial charge in [-0.2, -0.15) is 11.3 Å². The standard InChI is InChI=1S/C20H19N5S2/c1-2-4-18-17(3-1)19(22-14-21-18)25-8-6-24(7-9-25)11-16-13-27-20(23-16)15-5-10-26-12-15/h1-5,10,12-14H,6-9,11H2. The third-order valence-corrected chi connectivity index (χ3v) is 6.52. The van der Waals surface area contributed by atoms with Crippen LogP contribution in [0.25, 0.3) is 21.5 Å². The summed E-state index contributed by atoms with van der Waals surface area (Å²) in [6, 6.07) is 10.4. The summed E-state index contributed by atoms with van der Waals surface area (Å²) in [6.45, 7) is 4.90. The highest BCUT2D eigenvalue weighted by Gasteiger charge is 2.20. The van der Waals surface area contributed by atoms with Crippen molar-refractivity contribution < 1.29 is 0 Å². The van der Waals surface area contributed by atoms with Gasteiger partial charge in [-0.1, -0.05) is 12.1 Å². The molecular formula is C20H19N5S2. The van der Waals surface area contributed by atoms with Crippen molar-refractivity contribution in [2.45, 2.75) is 6.54 Å². The second-order valence-corrected chi connectivity index (χ2v) is 8.27. The molecule has 4 aromatic rings. The lowest BCUT2D eigenvalue weighted by molar-refractivity contribution is 0.247. The van der Waals surface area contributed by atoms with Crippen LogP contribution in [-0.4, -0.2) is 46.0 Å². The number of thiophene rings is 1. The summed E-state index contributed by atoms with van der Waals surface area (Å²) in [6.07, 6.45) is 1.67. The van der Waals surface area contributed by atoms with E-state index in [0.29, 0.717) is 0 Å². The van der Waals surface area contributed by atoms with Gasteiger partial charge in [-0.3, -0.25) is 4.90 Å². The molecule has 5 rings (SSSR count). The average Bonchev–Trinajstić information content (AvgIpc) is 3.40. The van der Waals surface area contributed by atoms with Crippen LogP contribution < -0.4 is 4.90 Å². The topological polar surface area (TPSA) is 45.2 Å². The largest absolute Gasteiger partial charge is 0.353 e. The number of hydrogen-bond donors (Lipinski definition) is 0. The molecule has 0 radical (unpaired) electrons. The molecule has 7 heteroatoms. The highest BCUT2D eigenvalue weighted by Crippen LogP contribution is 2.27. The lowest BCUT2D eigenvalue weighted by Gasteiger charge is -2.35. The van der Waals surface area contributed by atoms with Gasteiger partial charge in [-0.05, 0) is 23.6 Å². The zero-order valence-corrected chi connectivity index (χ0v) is 16.4. The molecule has 0 aliphatic carbocycles. The van der Waals surface area contributed by atoms with Crippen LogP contribution in [0.2, 0.25) is 0 Å². The fourth-order valence-electron chi connectivity index (χ4n) is 3.49. The minimum atomic E-state index is 0.916. The molecular weight excluding hydrogens is 374 g/mol. The molecule has 0 saturated carbocycles. The summed E-state index contributed by atoms with van der Waals surface area (Å²) >= 11 is 3.45. The van der Waals surface area contributed by atoms with Crippen molar-refractivity contribution in [3.8, 4) is 10.6 Å². The predicted molar refractivity (Wildman–Crippen MR) is 112 cm³/mol.